The van der Waals surface area contributed by atoms with E-state index in [1.165, 1.54) is 6.42 Å². The van der Waals surface area contributed by atoms with Gasteiger partial charge in [0.1, 0.15) is 5.76 Å². The van der Waals surface area contributed by atoms with Gasteiger partial charge in [-0.15, -0.1) is 0 Å². The molecule has 3 nitrogen and oxygen atoms in total. The Bertz CT molecular complexity index is 279. The molecular formula is C12H22N2O. The quantitative estimate of drug-likeness (QED) is 0.734. The second kappa shape index (κ2) is 5.91. The van der Waals surface area contributed by atoms with E-state index in [-0.39, 0.29) is 0 Å². The molecule has 0 amide bonds. The lowest BCUT2D eigenvalue weighted by atomic mass is 10.1. The highest BCUT2D eigenvalue weighted by atomic mass is 16.5. The van der Waals surface area contributed by atoms with Gasteiger partial charge in [-0.2, -0.15) is 0 Å². The topological polar surface area (TPSA) is 38.1 Å². The maximum absolute atomic E-state index is 5.21. The van der Waals surface area contributed by atoms with Crippen molar-refractivity contribution in [1.29, 1.82) is 0 Å². The summed E-state index contributed by atoms with van der Waals surface area (Å²) in [5.74, 6) is 2.14. The van der Waals surface area contributed by atoms with Gasteiger partial charge in [-0.1, -0.05) is 32.9 Å². The summed E-state index contributed by atoms with van der Waals surface area (Å²) in [4.78, 5) is 0. The zero-order valence-corrected chi connectivity index (χ0v) is 10.2. The van der Waals surface area contributed by atoms with Crippen molar-refractivity contribution < 1.29 is 4.52 Å². The van der Waals surface area contributed by atoms with Crippen LogP contribution in [-0.4, -0.2) is 11.7 Å². The Hall–Kier alpha value is -0.830. The fraction of sp³-hybridized carbons (Fsp3) is 0.750. The highest BCUT2D eigenvalue weighted by Gasteiger charge is 2.06. The standard InChI is InChI=1S/C12H22N2O/c1-9(2)5-6-13-8-11-7-12(10(3)4)15-14-11/h7,9-10,13H,5-6,8H2,1-4H3. The van der Waals surface area contributed by atoms with Gasteiger partial charge in [-0.05, 0) is 18.9 Å². The van der Waals surface area contributed by atoms with Crippen molar-refractivity contribution in [3.63, 3.8) is 0 Å². The molecule has 0 saturated heterocycles. The van der Waals surface area contributed by atoms with Gasteiger partial charge >= 0.3 is 0 Å². The molecule has 1 N–H and O–H groups in total. The highest BCUT2D eigenvalue weighted by molar-refractivity contribution is 5.08. The first-order chi connectivity index (χ1) is 7.09. The van der Waals surface area contributed by atoms with E-state index in [9.17, 15) is 0 Å². The minimum atomic E-state index is 0.418. The van der Waals surface area contributed by atoms with Gasteiger partial charge in [-0.25, -0.2) is 0 Å². The zero-order chi connectivity index (χ0) is 11.3. The van der Waals surface area contributed by atoms with Crippen LogP contribution < -0.4 is 5.32 Å². The molecule has 0 unspecified atom stereocenters. The smallest absolute Gasteiger partial charge is 0.139 e. The average molecular weight is 210 g/mol. The molecule has 86 valence electrons. The highest BCUT2D eigenvalue weighted by Crippen LogP contribution is 2.14. The number of hydrogen-bond acceptors (Lipinski definition) is 3. The molecule has 15 heavy (non-hydrogen) atoms. The van der Waals surface area contributed by atoms with E-state index in [1.807, 2.05) is 6.07 Å². The molecule has 0 saturated carbocycles. The van der Waals surface area contributed by atoms with E-state index in [0.717, 1.165) is 30.5 Å². The van der Waals surface area contributed by atoms with Gasteiger partial charge < -0.3 is 9.84 Å². The molecule has 0 bridgehead atoms. The van der Waals surface area contributed by atoms with Crippen LogP contribution in [0.25, 0.3) is 0 Å². The van der Waals surface area contributed by atoms with E-state index >= 15 is 0 Å². The average Bonchev–Trinajstić information content (AvgIpc) is 2.60. The summed E-state index contributed by atoms with van der Waals surface area (Å²) in [6, 6.07) is 2.03. The molecule has 0 aliphatic rings. The van der Waals surface area contributed by atoms with Crippen molar-refractivity contribution in [1.82, 2.24) is 10.5 Å². The van der Waals surface area contributed by atoms with E-state index in [0.29, 0.717) is 5.92 Å². The molecule has 0 aliphatic carbocycles. The molecule has 1 rings (SSSR count). The van der Waals surface area contributed by atoms with Crippen LogP contribution in [0.1, 0.15) is 51.5 Å². The number of aromatic nitrogens is 1. The Kier molecular flexibility index (Phi) is 4.82. The molecule has 0 aliphatic heterocycles. The lowest BCUT2D eigenvalue weighted by Gasteiger charge is -2.04. The SMILES string of the molecule is CC(C)CCNCc1cc(C(C)C)on1. The van der Waals surface area contributed by atoms with E-state index in [4.69, 9.17) is 4.52 Å². The van der Waals surface area contributed by atoms with Gasteiger partial charge in [0.15, 0.2) is 0 Å². The van der Waals surface area contributed by atoms with Crippen LogP contribution in [0.3, 0.4) is 0 Å². The summed E-state index contributed by atoms with van der Waals surface area (Å²) in [6.45, 7) is 10.5. The lowest BCUT2D eigenvalue weighted by Crippen LogP contribution is -2.16. The minimum Gasteiger partial charge on any atom is -0.361 e. The van der Waals surface area contributed by atoms with Crippen LogP contribution in [-0.2, 0) is 6.54 Å². The Morgan fingerprint density at radius 1 is 1.33 bits per heavy atom. The Morgan fingerprint density at radius 3 is 2.60 bits per heavy atom. The Balaban J connectivity index is 2.26. The van der Waals surface area contributed by atoms with Crippen molar-refractivity contribution >= 4 is 0 Å². The Labute approximate surface area is 92.2 Å². The number of hydrogen-bond donors (Lipinski definition) is 1. The molecule has 0 fully saturated rings. The van der Waals surface area contributed by atoms with Crippen LogP contribution in [0, 0.1) is 5.92 Å². The largest absolute Gasteiger partial charge is 0.361 e. The van der Waals surface area contributed by atoms with Crippen molar-refractivity contribution in [3.8, 4) is 0 Å². The van der Waals surface area contributed by atoms with Gasteiger partial charge in [0, 0.05) is 18.5 Å². The maximum Gasteiger partial charge on any atom is 0.139 e. The van der Waals surface area contributed by atoms with Crippen LogP contribution in [0.5, 0.6) is 0 Å². The van der Waals surface area contributed by atoms with Crippen molar-refractivity contribution in [2.45, 2.75) is 46.6 Å². The fourth-order valence-electron chi connectivity index (χ4n) is 1.29. The van der Waals surface area contributed by atoms with Crippen LogP contribution in [0.15, 0.2) is 10.6 Å². The third-order valence-electron chi connectivity index (χ3n) is 2.35. The minimum absolute atomic E-state index is 0.418. The molecule has 0 aromatic carbocycles. The zero-order valence-electron chi connectivity index (χ0n) is 10.2. The number of nitrogens with one attached hydrogen (secondary N) is 1. The third-order valence-corrected chi connectivity index (χ3v) is 2.35. The molecular weight excluding hydrogens is 188 g/mol. The third kappa shape index (κ3) is 4.47. The number of rotatable bonds is 6. The second-order valence-corrected chi connectivity index (χ2v) is 4.73. The summed E-state index contributed by atoms with van der Waals surface area (Å²) in [7, 11) is 0. The summed E-state index contributed by atoms with van der Waals surface area (Å²) in [6.07, 6.45) is 1.20. The molecule has 3 heteroatoms. The summed E-state index contributed by atoms with van der Waals surface area (Å²) >= 11 is 0. The first kappa shape index (κ1) is 12.2. The molecule has 1 aromatic rings. The first-order valence-electron chi connectivity index (χ1n) is 5.75. The maximum atomic E-state index is 5.21. The van der Waals surface area contributed by atoms with Crippen molar-refractivity contribution in [2.24, 2.45) is 5.92 Å². The van der Waals surface area contributed by atoms with Gasteiger partial charge in [0.2, 0.25) is 0 Å². The first-order valence-corrected chi connectivity index (χ1v) is 5.75. The summed E-state index contributed by atoms with van der Waals surface area (Å²) in [5, 5.41) is 7.38. The van der Waals surface area contributed by atoms with Crippen molar-refractivity contribution in [2.75, 3.05) is 6.54 Å². The fourth-order valence-corrected chi connectivity index (χ4v) is 1.29. The summed E-state index contributed by atoms with van der Waals surface area (Å²) in [5.41, 5.74) is 1.00. The van der Waals surface area contributed by atoms with Crippen LogP contribution >= 0.6 is 0 Å². The molecule has 0 radical (unpaired) electrons. The van der Waals surface area contributed by atoms with Gasteiger partial charge in [-0.3, -0.25) is 0 Å². The van der Waals surface area contributed by atoms with E-state index in [2.05, 4.69) is 38.2 Å². The van der Waals surface area contributed by atoms with Crippen LogP contribution in [0.4, 0.5) is 0 Å². The van der Waals surface area contributed by atoms with Gasteiger partial charge in [0.25, 0.3) is 0 Å². The number of nitrogens with zero attached hydrogens (tertiary/aromatic N) is 1. The van der Waals surface area contributed by atoms with Crippen LogP contribution in [0.2, 0.25) is 0 Å². The monoisotopic (exact) mass is 210 g/mol. The predicted molar refractivity (Wildman–Crippen MR) is 61.8 cm³/mol. The molecule has 0 atom stereocenters. The molecule has 1 aromatic heterocycles. The molecule has 0 spiro atoms. The van der Waals surface area contributed by atoms with E-state index in [1.54, 1.807) is 0 Å². The Morgan fingerprint density at radius 2 is 2.07 bits per heavy atom. The normalized spacial score (nSPS) is 11.6. The van der Waals surface area contributed by atoms with E-state index < -0.39 is 0 Å². The second-order valence-electron chi connectivity index (χ2n) is 4.73. The van der Waals surface area contributed by atoms with Gasteiger partial charge in [0.05, 0.1) is 5.69 Å². The predicted octanol–water partition coefficient (Wildman–Crippen LogP) is 2.93. The summed E-state index contributed by atoms with van der Waals surface area (Å²) < 4.78 is 5.21. The molecule has 1 heterocycles. The lowest BCUT2D eigenvalue weighted by molar-refractivity contribution is 0.363. The van der Waals surface area contributed by atoms with Crippen molar-refractivity contribution in [3.05, 3.63) is 17.5 Å².